The molecule has 0 saturated heterocycles. The maximum atomic E-state index is 11.0. The fraction of sp³-hybridized carbons (Fsp3) is 0.143. The number of nitrogens with zero attached hydrogens (tertiary/aromatic N) is 1. The molecule has 2 N–H and O–H groups in total. The third kappa shape index (κ3) is 2.01. The van der Waals surface area contributed by atoms with Crippen LogP contribution in [0.3, 0.4) is 0 Å². The molecule has 0 atom stereocenters. The molecule has 0 radical (unpaired) electrons. The lowest BCUT2D eigenvalue weighted by molar-refractivity contribution is 0.102. The van der Waals surface area contributed by atoms with Gasteiger partial charge in [0.05, 0.1) is 5.33 Å². The van der Waals surface area contributed by atoms with Gasteiger partial charge in [-0.2, -0.15) is 0 Å². The fourth-order valence-electron chi connectivity index (χ4n) is 0.699. The normalized spacial score (nSPS) is 9.55. The van der Waals surface area contributed by atoms with Gasteiger partial charge in [-0.1, -0.05) is 15.9 Å². The zero-order valence-corrected chi connectivity index (χ0v) is 7.34. The molecule has 0 aromatic carbocycles. The summed E-state index contributed by atoms with van der Waals surface area (Å²) in [6, 6.07) is 3.20. The number of pyridine rings is 1. The van der Waals surface area contributed by atoms with Crippen molar-refractivity contribution in [3.8, 4) is 0 Å². The van der Waals surface area contributed by atoms with Gasteiger partial charge < -0.3 is 5.73 Å². The van der Waals surface area contributed by atoms with Crippen LogP contribution in [-0.4, -0.2) is 16.1 Å². The molecule has 1 aromatic rings. The summed E-state index contributed by atoms with van der Waals surface area (Å²) in [5.41, 5.74) is 5.96. The van der Waals surface area contributed by atoms with Gasteiger partial charge in [0.25, 0.3) is 0 Å². The number of nitrogen functional groups attached to an aromatic ring is 1. The van der Waals surface area contributed by atoms with Gasteiger partial charge in [-0.25, -0.2) is 4.98 Å². The van der Waals surface area contributed by atoms with Gasteiger partial charge in [0, 0.05) is 11.8 Å². The van der Waals surface area contributed by atoms with Crippen LogP contribution >= 0.6 is 15.9 Å². The number of hydrogen-bond donors (Lipinski definition) is 1. The van der Waals surface area contributed by atoms with Gasteiger partial charge in [-0.05, 0) is 12.1 Å². The van der Waals surface area contributed by atoms with Crippen molar-refractivity contribution >= 4 is 27.5 Å². The predicted molar refractivity (Wildman–Crippen MR) is 46.8 cm³/mol. The summed E-state index contributed by atoms with van der Waals surface area (Å²) in [5.74, 6) is 0.385. The Morgan fingerprint density at radius 1 is 1.73 bits per heavy atom. The maximum absolute atomic E-state index is 11.0. The Bertz CT molecular complexity index is 275. The van der Waals surface area contributed by atoms with Gasteiger partial charge in [0.1, 0.15) is 5.82 Å². The average Bonchev–Trinajstić information content (AvgIpc) is 2.03. The van der Waals surface area contributed by atoms with Crippen molar-refractivity contribution in [1.82, 2.24) is 4.98 Å². The molecule has 0 aliphatic rings. The number of carbonyl (C=O) groups excluding carboxylic acids is 1. The van der Waals surface area contributed by atoms with Crippen molar-refractivity contribution in [2.45, 2.75) is 0 Å². The molecule has 0 saturated carbocycles. The maximum Gasteiger partial charge on any atom is 0.173 e. The van der Waals surface area contributed by atoms with Gasteiger partial charge in [0.15, 0.2) is 5.78 Å². The number of alkyl halides is 1. The lowest BCUT2D eigenvalue weighted by Gasteiger charge is -1.96. The highest BCUT2D eigenvalue weighted by atomic mass is 79.9. The summed E-state index contributed by atoms with van der Waals surface area (Å²) in [4.78, 5) is 14.8. The molecule has 1 aromatic heterocycles. The van der Waals surface area contributed by atoms with Gasteiger partial charge in [-0.15, -0.1) is 0 Å². The van der Waals surface area contributed by atoms with E-state index in [0.29, 0.717) is 16.7 Å². The zero-order chi connectivity index (χ0) is 8.27. The van der Waals surface area contributed by atoms with E-state index in [-0.39, 0.29) is 5.78 Å². The molecule has 4 heteroatoms. The number of nitrogens with two attached hydrogens (primary N) is 1. The molecule has 1 rings (SSSR count). The number of anilines is 1. The zero-order valence-electron chi connectivity index (χ0n) is 5.75. The molecule has 58 valence electrons. The minimum atomic E-state index is 0.0131. The van der Waals surface area contributed by atoms with E-state index in [4.69, 9.17) is 5.73 Å². The first kappa shape index (κ1) is 8.20. The summed E-state index contributed by atoms with van der Waals surface area (Å²) in [7, 11) is 0. The summed E-state index contributed by atoms with van der Waals surface area (Å²) in [5, 5.41) is 0.316. The second-order valence-corrected chi connectivity index (χ2v) is 2.59. The van der Waals surface area contributed by atoms with Crippen LogP contribution in [-0.2, 0) is 0 Å². The Morgan fingerprint density at radius 2 is 2.45 bits per heavy atom. The Morgan fingerprint density at radius 3 is 3.00 bits per heavy atom. The van der Waals surface area contributed by atoms with Gasteiger partial charge in [0.2, 0.25) is 0 Å². The van der Waals surface area contributed by atoms with E-state index in [0.717, 1.165) is 0 Å². The molecule has 0 fully saturated rings. The standard InChI is InChI=1S/C7H7BrN2O/c8-4-6(11)5-1-2-10-7(9)3-5/h1-3H,4H2,(H2,9,10). The number of carbonyl (C=O) groups is 1. The monoisotopic (exact) mass is 214 g/mol. The van der Waals surface area contributed by atoms with E-state index in [1.807, 2.05) is 0 Å². The van der Waals surface area contributed by atoms with Crippen LogP contribution in [0.4, 0.5) is 5.82 Å². The number of ketones is 1. The number of aromatic nitrogens is 1. The molecule has 0 aliphatic carbocycles. The Kier molecular flexibility index (Phi) is 2.59. The topological polar surface area (TPSA) is 56.0 Å². The van der Waals surface area contributed by atoms with E-state index < -0.39 is 0 Å². The third-order valence-electron chi connectivity index (χ3n) is 1.22. The van der Waals surface area contributed by atoms with Gasteiger partial charge >= 0.3 is 0 Å². The van der Waals surface area contributed by atoms with E-state index in [9.17, 15) is 4.79 Å². The summed E-state index contributed by atoms with van der Waals surface area (Å²) in [6.07, 6.45) is 1.52. The third-order valence-corrected chi connectivity index (χ3v) is 1.73. The molecule has 1 heterocycles. The van der Waals surface area contributed by atoms with Crippen LogP contribution in [0.25, 0.3) is 0 Å². The van der Waals surface area contributed by atoms with Crippen LogP contribution < -0.4 is 5.73 Å². The van der Waals surface area contributed by atoms with Crippen molar-refractivity contribution in [2.75, 3.05) is 11.1 Å². The Balaban J connectivity index is 2.96. The molecule has 0 spiro atoms. The van der Waals surface area contributed by atoms with Crippen LogP contribution in [0.2, 0.25) is 0 Å². The van der Waals surface area contributed by atoms with E-state index in [2.05, 4.69) is 20.9 Å². The minimum Gasteiger partial charge on any atom is -0.384 e. The number of halogens is 1. The highest BCUT2D eigenvalue weighted by molar-refractivity contribution is 9.09. The van der Waals surface area contributed by atoms with Crippen molar-refractivity contribution < 1.29 is 4.79 Å². The van der Waals surface area contributed by atoms with Crippen LogP contribution in [0.5, 0.6) is 0 Å². The number of rotatable bonds is 2. The van der Waals surface area contributed by atoms with Crippen LogP contribution in [0.1, 0.15) is 10.4 Å². The summed E-state index contributed by atoms with van der Waals surface area (Å²) in [6.45, 7) is 0. The highest BCUT2D eigenvalue weighted by Crippen LogP contribution is 2.04. The van der Waals surface area contributed by atoms with Gasteiger partial charge in [-0.3, -0.25) is 4.79 Å². The Labute approximate surface area is 72.7 Å². The number of Topliss-reactive ketones (excluding diaryl/α,β-unsaturated/α-hetero) is 1. The lowest BCUT2D eigenvalue weighted by Crippen LogP contribution is -2.01. The highest BCUT2D eigenvalue weighted by Gasteiger charge is 2.02. The molecule has 11 heavy (non-hydrogen) atoms. The summed E-state index contributed by atoms with van der Waals surface area (Å²) >= 11 is 3.07. The lowest BCUT2D eigenvalue weighted by atomic mass is 10.2. The fourth-order valence-corrected chi connectivity index (χ4v) is 1.02. The first-order valence-corrected chi connectivity index (χ1v) is 4.17. The average molecular weight is 215 g/mol. The molecular weight excluding hydrogens is 208 g/mol. The number of hydrogen-bond acceptors (Lipinski definition) is 3. The second-order valence-electron chi connectivity index (χ2n) is 2.03. The SMILES string of the molecule is Nc1cc(C(=O)CBr)ccn1. The van der Waals surface area contributed by atoms with Crippen molar-refractivity contribution in [2.24, 2.45) is 0 Å². The van der Waals surface area contributed by atoms with E-state index >= 15 is 0 Å². The molecule has 0 unspecified atom stereocenters. The van der Waals surface area contributed by atoms with Crippen molar-refractivity contribution in [1.29, 1.82) is 0 Å². The van der Waals surface area contributed by atoms with Crippen molar-refractivity contribution in [3.63, 3.8) is 0 Å². The predicted octanol–water partition coefficient (Wildman–Crippen LogP) is 1.24. The quantitative estimate of drug-likeness (QED) is 0.596. The second kappa shape index (κ2) is 3.48. The minimum absolute atomic E-state index is 0.0131. The summed E-state index contributed by atoms with van der Waals surface area (Å²) < 4.78 is 0. The molecular formula is C7H7BrN2O. The molecule has 0 amide bonds. The largest absolute Gasteiger partial charge is 0.384 e. The first-order valence-electron chi connectivity index (χ1n) is 3.04. The van der Waals surface area contributed by atoms with Crippen LogP contribution in [0, 0.1) is 0 Å². The van der Waals surface area contributed by atoms with Crippen LogP contribution in [0.15, 0.2) is 18.3 Å². The molecule has 0 aliphatic heterocycles. The van der Waals surface area contributed by atoms with E-state index in [1.54, 1.807) is 12.1 Å². The smallest absolute Gasteiger partial charge is 0.173 e. The first-order chi connectivity index (χ1) is 5.24. The Hall–Kier alpha value is -0.900. The van der Waals surface area contributed by atoms with Crippen molar-refractivity contribution in [3.05, 3.63) is 23.9 Å². The van der Waals surface area contributed by atoms with E-state index in [1.165, 1.54) is 6.20 Å². The molecule has 3 nitrogen and oxygen atoms in total. The molecule has 0 bridgehead atoms.